The standard InChI is InChI=1S/C13H17N3O3S/c1-9-13(10(2)19-15-9)20(17,18)16-8-4-6-12(16)11-5-3-7-14-11/h3,5,7,12,14H,4,6,8H2,1-2H3/t12-/m1/s1. The van der Waals surface area contributed by atoms with Gasteiger partial charge in [-0.15, -0.1) is 0 Å². The molecule has 20 heavy (non-hydrogen) atoms. The van der Waals surface area contributed by atoms with Crippen molar-refractivity contribution in [3.63, 3.8) is 0 Å². The molecule has 0 unspecified atom stereocenters. The minimum Gasteiger partial charge on any atom is -0.364 e. The van der Waals surface area contributed by atoms with Crippen LogP contribution in [0.25, 0.3) is 0 Å². The molecule has 7 heteroatoms. The lowest BCUT2D eigenvalue weighted by atomic mass is 10.2. The summed E-state index contributed by atoms with van der Waals surface area (Å²) in [6.45, 7) is 3.81. The molecule has 0 saturated carbocycles. The van der Waals surface area contributed by atoms with Crippen molar-refractivity contribution in [2.45, 2.75) is 37.6 Å². The summed E-state index contributed by atoms with van der Waals surface area (Å²) in [7, 11) is -3.57. The normalized spacial score (nSPS) is 20.6. The molecule has 0 aliphatic carbocycles. The predicted octanol–water partition coefficient (Wildman–Crippen LogP) is 2.15. The Balaban J connectivity index is 2.03. The van der Waals surface area contributed by atoms with Gasteiger partial charge in [0.05, 0.1) is 6.04 Å². The van der Waals surface area contributed by atoms with Gasteiger partial charge in [-0.2, -0.15) is 4.31 Å². The molecule has 1 saturated heterocycles. The number of aryl methyl sites for hydroxylation is 2. The average molecular weight is 295 g/mol. The van der Waals surface area contributed by atoms with Crippen molar-refractivity contribution in [1.29, 1.82) is 0 Å². The maximum Gasteiger partial charge on any atom is 0.249 e. The van der Waals surface area contributed by atoms with Gasteiger partial charge in [-0.25, -0.2) is 8.42 Å². The van der Waals surface area contributed by atoms with Crippen molar-refractivity contribution in [1.82, 2.24) is 14.4 Å². The molecule has 2 aromatic heterocycles. The molecule has 1 aliphatic rings. The predicted molar refractivity (Wildman–Crippen MR) is 72.6 cm³/mol. The lowest BCUT2D eigenvalue weighted by Gasteiger charge is -2.23. The topological polar surface area (TPSA) is 79.2 Å². The lowest BCUT2D eigenvalue weighted by Crippen LogP contribution is -2.31. The summed E-state index contributed by atoms with van der Waals surface area (Å²) in [5.74, 6) is 0.347. The number of H-pyrrole nitrogens is 1. The smallest absolute Gasteiger partial charge is 0.249 e. The van der Waals surface area contributed by atoms with Gasteiger partial charge < -0.3 is 9.51 Å². The minimum absolute atomic E-state index is 0.135. The van der Waals surface area contributed by atoms with Crippen molar-refractivity contribution in [3.8, 4) is 0 Å². The van der Waals surface area contributed by atoms with E-state index in [-0.39, 0.29) is 10.9 Å². The highest BCUT2D eigenvalue weighted by molar-refractivity contribution is 7.89. The fourth-order valence-electron chi connectivity index (χ4n) is 2.85. The first-order valence-corrected chi connectivity index (χ1v) is 8.04. The zero-order valence-corrected chi connectivity index (χ0v) is 12.3. The summed E-state index contributed by atoms with van der Waals surface area (Å²) in [6.07, 6.45) is 3.49. The molecule has 0 spiro atoms. The Morgan fingerprint density at radius 2 is 2.25 bits per heavy atom. The average Bonchev–Trinajstić information content (AvgIpc) is 3.08. The zero-order valence-electron chi connectivity index (χ0n) is 11.5. The van der Waals surface area contributed by atoms with Crippen molar-refractivity contribution in [2.75, 3.05) is 6.54 Å². The monoisotopic (exact) mass is 295 g/mol. The van der Waals surface area contributed by atoms with Gasteiger partial charge in [-0.05, 0) is 38.8 Å². The first-order valence-electron chi connectivity index (χ1n) is 6.60. The highest BCUT2D eigenvalue weighted by Crippen LogP contribution is 2.37. The fourth-order valence-corrected chi connectivity index (χ4v) is 4.82. The molecule has 2 aromatic rings. The van der Waals surface area contributed by atoms with Gasteiger partial charge in [0.2, 0.25) is 10.0 Å². The van der Waals surface area contributed by atoms with Crippen LogP contribution in [-0.2, 0) is 10.0 Å². The van der Waals surface area contributed by atoms with E-state index < -0.39 is 10.0 Å². The third-order valence-electron chi connectivity index (χ3n) is 3.72. The summed E-state index contributed by atoms with van der Waals surface area (Å²) in [5.41, 5.74) is 1.34. The molecule has 1 N–H and O–H groups in total. The summed E-state index contributed by atoms with van der Waals surface area (Å²) in [4.78, 5) is 3.32. The van der Waals surface area contributed by atoms with E-state index in [0.29, 0.717) is 18.0 Å². The van der Waals surface area contributed by atoms with Gasteiger partial charge >= 0.3 is 0 Å². The quantitative estimate of drug-likeness (QED) is 0.941. The SMILES string of the molecule is Cc1noc(C)c1S(=O)(=O)N1CCC[C@@H]1c1ccc[nH]1. The maximum atomic E-state index is 12.9. The molecular weight excluding hydrogens is 278 g/mol. The van der Waals surface area contributed by atoms with Gasteiger partial charge in [-0.3, -0.25) is 0 Å². The molecule has 1 aliphatic heterocycles. The first kappa shape index (κ1) is 13.4. The van der Waals surface area contributed by atoms with Gasteiger partial charge in [0.15, 0.2) is 5.76 Å². The van der Waals surface area contributed by atoms with E-state index in [2.05, 4.69) is 10.1 Å². The van der Waals surface area contributed by atoms with Crippen LogP contribution in [0.5, 0.6) is 0 Å². The molecule has 6 nitrogen and oxygen atoms in total. The summed E-state index contributed by atoms with van der Waals surface area (Å²) in [5, 5.41) is 3.75. The number of aromatic amines is 1. The van der Waals surface area contributed by atoms with E-state index in [1.165, 1.54) is 0 Å². The number of rotatable bonds is 3. The molecule has 0 amide bonds. The molecule has 1 fully saturated rings. The zero-order chi connectivity index (χ0) is 14.3. The highest BCUT2D eigenvalue weighted by atomic mass is 32.2. The van der Waals surface area contributed by atoms with Crippen LogP contribution in [0, 0.1) is 13.8 Å². The number of nitrogens with zero attached hydrogens (tertiary/aromatic N) is 2. The number of aromatic nitrogens is 2. The van der Waals surface area contributed by atoms with E-state index in [9.17, 15) is 8.42 Å². The second-order valence-corrected chi connectivity index (χ2v) is 6.88. The number of nitrogens with one attached hydrogen (secondary N) is 1. The minimum atomic E-state index is -3.57. The molecular formula is C13H17N3O3S. The van der Waals surface area contributed by atoms with Crippen LogP contribution in [0.3, 0.4) is 0 Å². The highest BCUT2D eigenvalue weighted by Gasteiger charge is 2.39. The third-order valence-corrected chi connectivity index (χ3v) is 5.87. The van der Waals surface area contributed by atoms with Crippen molar-refractivity contribution < 1.29 is 12.9 Å². The van der Waals surface area contributed by atoms with Crippen LogP contribution >= 0.6 is 0 Å². The Bertz CT molecular complexity index is 684. The second kappa shape index (κ2) is 4.75. The van der Waals surface area contributed by atoms with E-state index in [1.807, 2.05) is 18.3 Å². The third kappa shape index (κ3) is 1.97. The Kier molecular flexibility index (Phi) is 3.18. The van der Waals surface area contributed by atoms with E-state index in [4.69, 9.17) is 4.52 Å². The first-order chi connectivity index (χ1) is 9.51. The molecule has 1 atom stereocenters. The largest absolute Gasteiger partial charge is 0.364 e. The Morgan fingerprint density at radius 1 is 1.45 bits per heavy atom. The number of hydrogen-bond donors (Lipinski definition) is 1. The fraction of sp³-hybridized carbons (Fsp3) is 0.462. The van der Waals surface area contributed by atoms with E-state index in [1.54, 1.807) is 18.2 Å². The van der Waals surface area contributed by atoms with Crippen molar-refractivity contribution >= 4 is 10.0 Å². The number of hydrogen-bond acceptors (Lipinski definition) is 4. The van der Waals surface area contributed by atoms with Crippen LogP contribution in [0.15, 0.2) is 27.7 Å². The molecule has 0 radical (unpaired) electrons. The van der Waals surface area contributed by atoms with E-state index in [0.717, 1.165) is 18.5 Å². The van der Waals surface area contributed by atoms with Crippen molar-refractivity contribution in [3.05, 3.63) is 35.5 Å². The van der Waals surface area contributed by atoms with Crippen LogP contribution in [-0.4, -0.2) is 29.4 Å². The summed E-state index contributed by atoms with van der Waals surface area (Å²) >= 11 is 0. The Hall–Kier alpha value is -1.60. The molecule has 3 heterocycles. The van der Waals surface area contributed by atoms with Gasteiger partial charge in [0.25, 0.3) is 0 Å². The Morgan fingerprint density at radius 3 is 2.85 bits per heavy atom. The molecule has 0 bridgehead atoms. The maximum absolute atomic E-state index is 12.9. The van der Waals surface area contributed by atoms with Gasteiger partial charge in [0, 0.05) is 18.4 Å². The van der Waals surface area contributed by atoms with Crippen LogP contribution in [0.4, 0.5) is 0 Å². The molecule has 0 aromatic carbocycles. The van der Waals surface area contributed by atoms with E-state index >= 15 is 0 Å². The van der Waals surface area contributed by atoms with Gasteiger partial charge in [0.1, 0.15) is 10.6 Å². The lowest BCUT2D eigenvalue weighted by molar-refractivity contribution is 0.382. The second-order valence-electron chi connectivity index (χ2n) is 5.05. The van der Waals surface area contributed by atoms with Crippen molar-refractivity contribution in [2.24, 2.45) is 0 Å². The van der Waals surface area contributed by atoms with Gasteiger partial charge in [-0.1, -0.05) is 5.16 Å². The molecule has 108 valence electrons. The van der Waals surface area contributed by atoms with Crippen LogP contribution in [0.1, 0.15) is 36.0 Å². The number of sulfonamides is 1. The van der Waals surface area contributed by atoms with Crippen LogP contribution in [0.2, 0.25) is 0 Å². The molecule has 3 rings (SSSR count). The van der Waals surface area contributed by atoms with Crippen LogP contribution < -0.4 is 0 Å². The Labute approximate surface area is 117 Å². The summed E-state index contributed by atoms with van der Waals surface area (Å²) < 4.78 is 32.3. The summed E-state index contributed by atoms with van der Waals surface area (Å²) in [6, 6.07) is 3.67.